The van der Waals surface area contributed by atoms with E-state index in [2.05, 4.69) is 20.8 Å². The molecule has 0 amide bonds. The van der Waals surface area contributed by atoms with Crippen LogP contribution in [0.3, 0.4) is 0 Å². The zero-order valence-electron chi connectivity index (χ0n) is 7.72. The first kappa shape index (κ1) is 11.9. The van der Waals surface area contributed by atoms with E-state index < -0.39 is 0 Å². The van der Waals surface area contributed by atoms with Gasteiger partial charge in [-0.2, -0.15) is 0 Å². The van der Waals surface area contributed by atoms with Crippen LogP contribution in [0.2, 0.25) is 0 Å². The molecular weight excluding hydrogens is 152 g/mol. The molecular formula is C10H22O2. The minimum absolute atomic E-state index is 0. The average Bonchev–Trinajstić information content (AvgIpc) is 2.06. The van der Waals surface area contributed by atoms with Crippen molar-refractivity contribution < 1.29 is 9.47 Å². The van der Waals surface area contributed by atoms with Crippen LogP contribution in [0.1, 0.15) is 41.0 Å². The molecule has 1 fully saturated rings. The lowest BCUT2D eigenvalue weighted by atomic mass is 9.89. The van der Waals surface area contributed by atoms with Gasteiger partial charge in [0.05, 0.1) is 13.2 Å². The Morgan fingerprint density at radius 1 is 1.25 bits per heavy atom. The van der Waals surface area contributed by atoms with E-state index in [0.29, 0.717) is 0 Å². The molecule has 74 valence electrons. The van der Waals surface area contributed by atoms with Gasteiger partial charge >= 0.3 is 0 Å². The van der Waals surface area contributed by atoms with E-state index >= 15 is 0 Å². The van der Waals surface area contributed by atoms with Crippen LogP contribution >= 0.6 is 0 Å². The van der Waals surface area contributed by atoms with E-state index in [1.54, 1.807) is 0 Å². The van der Waals surface area contributed by atoms with Crippen LogP contribution in [0, 0.1) is 5.41 Å². The first-order chi connectivity index (χ1) is 5.17. The van der Waals surface area contributed by atoms with Crippen LogP contribution in [0.25, 0.3) is 0 Å². The van der Waals surface area contributed by atoms with Crippen LogP contribution in [0.5, 0.6) is 0 Å². The van der Waals surface area contributed by atoms with Crippen LogP contribution in [-0.2, 0) is 9.47 Å². The molecule has 1 heterocycles. The molecule has 0 radical (unpaired) electrons. The van der Waals surface area contributed by atoms with E-state index in [9.17, 15) is 0 Å². The fraction of sp³-hybridized carbons (Fsp3) is 1.00. The molecule has 0 aromatic heterocycles. The van der Waals surface area contributed by atoms with Gasteiger partial charge in [0.25, 0.3) is 0 Å². The first-order valence-corrected chi connectivity index (χ1v) is 4.40. The number of hydrogen-bond donors (Lipinski definition) is 0. The molecule has 0 bridgehead atoms. The SMILES string of the molecule is C.CCC(C)(C)C1OCCCO1. The van der Waals surface area contributed by atoms with Crippen LogP contribution in [0.15, 0.2) is 0 Å². The molecule has 12 heavy (non-hydrogen) atoms. The summed E-state index contributed by atoms with van der Waals surface area (Å²) < 4.78 is 11.0. The Morgan fingerprint density at radius 3 is 2.17 bits per heavy atom. The van der Waals surface area contributed by atoms with Gasteiger partial charge in [-0.1, -0.05) is 28.2 Å². The topological polar surface area (TPSA) is 18.5 Å². The molecule has 0 spiro atoms. The van der Waals surface area contributed by atoms with Gasteiger partial charge in [0, 0.05) is 5.41 Å². The molecule has 0 aromatic rings. The third-order valence-corrected chi connectivity index (χ3v) is 2.38. The van der Waals surface area contributed by atoms with Crippen LogP contribution in [-0.4, -0.2) is 19.5 Å². The lowest BCUT2D eigenvalue weighted by Crippen LogP contribution is -2.37. The summed E-state index contributed by atoms with van der Waals surface area (Å²) in [5.74, 6) is 0. The summed E-state index contributed by atoms with van der Waals surface area (Å²) in [5.41, 5.74) is 0.167. The summed E-state index contributed by atoms with van der Waals surface area (Å²) in [7, 11) is 0. The van der Waals surface area contributed by atoms with Gasteiger partial charge in [-0.25, -0.2) is 0 Å². The second kappa shape index (κ2) is 4.83. The molecule has 1 aliphatic rings. The van der Waals surface area contributed by atoms with Crippen molar-refractivity contribution in [3.63, 3.8) is 0 Å². The maximum Gasteiger partial charge on any atom is 0.162 e. The lowest BCUT2D eigenvalue weighted by Gasteiger charge is -2.35. The van der Waals surface area contributed by atoms with Crippen molar-refractivity contribution in [3.8, 4) is 0 Å². The molecule has 1 aliphatic heterocycles. The third kappa shape index (κ3) is 2.76. The average molecular weight is 174 g/mol. The molecule has 2 nitrogen and oxygen atoms in total. The first-order valence-electron chi connectivity index (χ1n) is 4.40. The molecule has 1 rings (SSSR count). The zero-order chi connectivity index (χ0) is 8.32. The number of hydrogen-bond acceptors (Lipinski definition) is 2. The highest BCUT2D eigenvalue weighted by Gasteiger charge is 2.30. The maximum absolute atomic E-state index is 5.51. The zero-order valence-corrected chi connectivity index (χ0v) is 7.72. The Hall–Kier alpha value is -0.0800. The Morgan fingerprint density at radius 2 is 1.75 bits per heavy atom. The van der Waals surface area contributed by atoms with Crippen molar-refractivity contribution in [1.29, 1.82) is 0 Å². The monoisotopic (exact) mass is 174 g/mol. The molecule has 0 atom stereocenters. The number of rotatable bonds is 2. The Balaban J connectivity index is 0.00000121. The standard InChI is InChI=1S/C9H18O2.CH4/c1-4-9(2,3)8-10-6-5-7-11-8;/h8H,4-7H2,1-3H3;1H4. The summed E-state index contributed by atoms with van der Waals surface area (Å²) in [4.78, 5) is 0. The van der Waals surface area contributed by atoms with Crippen LogP contribution in [0.4, 0.5) is 0 Å². The lowest BCUT2D eigenvalue weighted by molar-refractivity contribution is -0.229. The summed E-state index contributed by atoms with van der Waals surface area (Å²) >= 11 is 0. The van der Waals surface area contributed by atoms with Crippen molar-refractivity contribution in [1.82, 2.24) is 0 Å². The van der Waals surface area contributed by atoms with Crippen molar-refractivity contribution in [2.45, 2.75) is 47.3 Å². The molecule has 0 N–H and O–H groups in total. The summed E-state index contributed by atoms with van der Waals surface area (Å²) in [6.07, 6.45) is 2.15. The van der Waals surface area contributed by atoms with Gasteiger partial charge in [-0.05, 0) is 12.8 Å². The van der Waals surface area contributed by atoms with Gasteiger partial charge in [-0.15, -0.1) is 0 Å². The highest BCUT2D eigenvalue weighted by atomic mass is 16.7. The molecule has 0 saturated carbocycles. The normalized spacial score (nSPS) is 20.2. The van der Waals surface area contributed by atoms with E-state index in [0.717, 1.165) is 26.1 Å². The summed E-state index contributed by atoms with van der Waals surface area (Å²) in [6, 6.07) is 0. The van der Waals surface area contributed by atoms with Crippen molar-refractivity contribution in [2.24, 2.45) is 5.41 Å². The second-order valence-electron chi connectivity index (χ2n) is 3.77. The highest BCUT2D eigenvalue weighted by molar-refractivity contribution is 4.72. The fourth-order valence-corrected chi connectivity index (χ4v) is 1.11. The van der Waals surface area contributed by atoms with Crippen molar-refractivity contribution in [3.05, 3.63) is 0 Å². The molecule has 1 saturated heterocycles. The Labute approximate surface area is 76.3 Å². The van der Waals surface area contributed by atoms with Gasteiger partial charge in [0.2, 0.25) is 0 Å². The van der Waals surface area contributed by atoms with E-state index in [4.69, 9.17) is 9.47 Å². The summed E-state index contributed by atoms with van der Waals surface area (Å²) in [5, 5.41) is 0. The van der Waals surface area contributed by atoms with E-state index in [1.807, 2.05) is 0 Å². The van der Waals surface area contributed by atoms with Crippen molar-refractivity contribution in [2.75, 3.05) is 13.2 Å². The molecule has 0 aliphatic carbocycles. The molecule has 0 unspecified atom stereocenters. The smallest absolute Gasteiger partial charge is 0.162 e. The second-order valence-corrected chi connectivity index (χ2v) is 3.77. The Bertz CT molecular complexity index is 115. The minimum atomic E-state index is 0. The van der Waals surface area contributed by atoms with E-state index in [1.165, 1.54) is 0 Å². The fourth-order valence-electron chi connectivity index (χ4n) is 1.11. The maximum atomic E-state index is 5.51. The predicted molar refractivity (Wildman–Crippen MR) is 51.1 cm³/mol. The third-order valence-electron chi connectivity index (χ3n) is 2.38. The molecule has 0 aromatic carbocycles. The quantitative estimate of drug-likeness (QED) is 0.641. The van der Waals surface area contributed by atoms with Crippen molar-refractivity contribution >= 4 is 0 Å². The van der Waals surface area contributed by atoms with Gasteiger partial charge in [0.1, 0.15) is 0 Å². The Kier molecular flexibility index (Phi) is 4.80. The highest BCUT2D eigenvalue weighted by Crippen LogP contribution is 2.29. The van der Waals surface area contributed by atoms with E-state index in [-0.39, 0.29) is 19.1 Å². The summed E-state index contributed by atoms with van der Waals surface area (Å²) in [6.45, 7) is 8.25. The van der Waals surface area contributed by atoms with Gasteiger partial charge in [-0.3, -0.25) is 0 Å². The molecule has 2 heteroatoms. The largest absolute Gasteiger partial charge is 0.352 e. The van der Waals surface area contributed by atoms with Gasteiger partial charge in [0.15, 0.2) is 6.29 Å². The van der Waals surface area contributed by atoms with Gasteiger partial charge < -0.3 is 9.47 Å². The van der Waals surface area contributed by atoms with Crippen LogP contribution < -0.4 is 0 Å². The predicted octanol–water partition coefficient (Wildman–Crippen LogP) is 2.82. The minimum Gasteiger partial charge on any atom is -0.352 e. The number of ether oxygens (including phenoxy) is 2.